The maximum atomic E-state index is 8.98. The summed E-state index contributed by atoms with van der Waals surface area (Å²) in [4.78, 5) is 0. The number of rotatable bonds is 5. The molecule has 0 aromatic heterocycles. The molecular formula is C10H26O2. The van der Waals surface area contributed by atoms with Gasteiger partial charge in [-0.25, -0.2) is 0 Å². The maximum absolute atomic E-state index is 8.98. The van der Waals surface area contributed by atoms with E-state index in [1.165, 1.54) is 0 Å². The average Bonchev–Trinajstić information content (AvgIpc) is 1.82. The molecule has 1 N–H and O–H groups in total. The van der Waals surface area contributed by atoms with Gasteiger partial charge in [0.2, 0.25) is 0 Å². The van der Waals surface area contributed by atoms with Crippen LogP contribution in [0.25, 0.3) is 0 Å². The van der Waals surface area contributed by atoms with E-state index >= 15 is 0 Å². The van der Waals surface area contributed by atoms with E-state index in [0.29, 0.717) is 5.92 Å². The van der Waals surface area contributed by atoms with E-state index in [9.17, 15) is 0 Å². The molecule has 2 nitrogen and oxygen atoms in total. The quantitative estimate of drug-likeness (QED) is 0.701. The Labute approximate surface area is 77.9 Å². The molecule has 0 bridgehead atoms. The first kappa shape index (κ1) is 17.9. The molecule has 0 aromatic carbocycles. The highest BCUT2D eigenvalue weighted by Gasteiger charge is 2.04. The molecule has 0 heterocycles. The van der Waals surface area contributed by atoms with Crippen molar-refractivity contribution in [2.45, 2.75) is 47.6 Å². The topological polar surface area (TPSA) is 29.5 Å². The van der Waals surface area contributed by atoms with Crippen LogP contribution in [0.3, 0.4) is 0 Å². The van der Waals surface area contributed by atoms with Crippen molar-refractivity contribution in [2.75, 3.05) is 13.7 Å². The third-order valence-electron chi connectivity index (χ3n) is 1.56. The standard InChI is InChI=1S/C8H18O2.2CH4/c1-7(4-5-10-3)6-8(2)9;;/h7-9H,4-6H2,1-3H3;2*1H4. The number of hydrogen-bond donors (Lipinski definition) is 1. The van der Waals surface area contributed by atoms with E-state index in [2.05, 4.69) is 6.92 Å². The molecule has 0 rings (SSSR count). The highest BCUT2D eigenvalue weighted by molar-refractivity contribution is 4.56. The minimum absolute atomic E-state index is 0. The van der Waals surface area contributed by atoms with Crippen LogP contribution >= 0.6 is 0 Å². The van der Waals surface area contributed by atoms with Gasteiger partial charge < -0.3 is 9.84 Å². The first-order valence-corrected chi connectivity index (χ1v) is 3.83. The zero-order valence-electron chi connectivity index (χ0n) is 7.13. The van der Waals surface area contributed by atoms with E-state index in [1.54, 1.807) is 7.11 Å². The molecule has 2 heteroatoms. The van der Waals surface area contributed by atoms with Crippen LogP contribution in [0.15, 0.2) is 0 Å². The minimum Gasteiger partial charge on any atom is -0.393 e. The van der Waals surface area contributed by atoms with Gasteiger partial charge in [-0.15, -0.1) is 0 Å². The Morgan fingerprint density at radius 1 is 1.25 bits per heavy atom. The lowest BCUT2D eigenvalue weighted by molar-refractivity contribution is 0.138. The van der Waals surface area contributed by atoms with Crippen molar-refractivity contribution in [1.82, 2.24) is 0 Å². The first-order chi connectivity index (χ1) is 4.66. The van der Waals surface area contributed by atoms with Gasteiger partial charge in [-0.3, -0.25) is 0 Å². The predicted molar refractivity (Wildman–Crippen MR) is 55.4 cm³/mol. The Hall–Kier alpha value is -0.0800. The minimum atomic E-state index is -0.174. The molecule has 2 atom stereocenters. The van der Waals surface area contributed by atoms with Gasteiger partial charge in [-0.1, -0.05) is 21.8 Å². The van der Waals surface area contributed by atoms with Gasteiger partial charge in [0.15, 0.2) is 0 Å². The molecule has 2 unspecified atom stereocenters. The van der Waals surface area contributed by atoms with Crippen LogP contribution in [-0.4, -0.2) is 24.9 Å². The number of aliphatic hydroxyl groups excluding tert-OH is 1. The van der Waals surface area contributed by atoms with Gasteiger partial charge >= 0.3 is 0 Å². The summed E-state index contributed by atoms with van der Waals surface area (Å²) >= 11 is 0. The zero-order valence-corrected chi connectivity index (χ0v) is 7.13. The first-order valence-electron chi connectivity index (χ1n) is 3.83. The summed E-state index contributed by atoms with van der Waals surface area (Å²) in [5.74, 6) is 0.569. The van der Waals surface area contributed by atoms with Crippen LogP contribution in [-0.2, 0) is 4.74 Å². The summed E-state index contributed by atoms with van der Waals surface area (Å²) < 4.78 is 4.91. The molecule has 0 aromatic rings. The third-order valence-corrected chi connectivity index (χ3v) is 1.56. The Morgan fingerprint density at radius 3 is 2.08 bits per heavy atom. The van der Waals surface area contributed by atoms with Crippen LogP contribution < -0.4 is 0 Å². The summed E-state index contributed by atoms with van der Waals surface area (Å²) in [6.45, 7) is 4.75. The number of methoxy groups -OCH3 is 1. The van der Waals surface area contributed by atoms with E-state index in [1.807, 2.05) is 6.92 Å². The Kier molecular flexibility index (Phi) is 16.3. The second kappa shape index (κ2) is 10.9. The van der Waals surface area contributed by atoms with Crippen molar-refractivity contribution >= 4 is 0 Å². The predicted octanol–water partition coefficient (Wildman–Crippen LogP) is 2.70. The van der Waals surface area contributed by atoms with Crippen molar-refractivity contribution in [3.63, 3.8) is 0 Å². The van der Waals surface area contributed by atoms with Crippen molar-refractivity contribution in [2.24, 2.45) is 5.92 Å². The average molecular weight is 178 g/mol. The molecule has 0 radical (unpaired) electrons. The Morgan fingerprint density at radius 2 is 1.75 bits per heavy atom. The van der Waals surface area contributed by atoms with Crippen LogP contribution in [0.4, 0.5) is 0 Å². The van der Waals surface area contributed by atoms with Crippen molar-refractivity contribution in [3.8, 4) is 0 Å². The molecular weight excluding hydrogens is 152 g/mol. The van der Waals surface area contributed by atoms with E-state index < -0.39 is 0 Å². The third kappa shape index (κ3) is 12.6. The largest absolute Gasteiger partial charge is 0.393 e. The Balaban J connectivity index is -0.000000405. The zero-order chi connectivity index (χ0) is 7.98. The smallest absolute Gasteiger partial charge is 0.0514 e. The van der Waals surface area contributed by atoms with Crippen LogP contribution in [0.2, 0.25) is 0 Å². The maximum Gasteiger partial charge on any atom is 0.0514 e. The SMILES string of the molecule is C.C.COCCC(C)CC(C)O. The van der Waals surface area contributed by atoms with Gasteiger partial charge in [0.25, 0.3) is 0 Å². The monoisotopic (exact) mass is 178 g/mol. The molecule has 0 fully saturated rings. The summed E-state index contributed by atoms with van der Waals surface area (Å²) in [6.07, 6.45) is 1.75. The molecule has 0 spiro atoms. The molecule has 0 aliphatic carbocycles. The molecule has 0 saturated heterocycles. The van der Waals surface area contributed by atoms with E-state index in [-0.39, 0.29) is 21.0 Å². The number of aliphatic hydroxyl groups is 1. The summed E-state index contributed by atoms with van der Waals surface area (Å²) in [5, 5.41) is 8.98. The molecule has 78 valence electrons. The van der Waals surface area contributed by atoms with Crippen molar-refractivity contribution < 1.29 is 9.84 Å². The lowest BCUT2D eigenvalue weighted by atomic mass is 10.0. The summed E-state index contributed by atoms with van der Waals surface area (Å²) in [6, 6.07) is 0. The van der Waals surface area contributed by atoms with Crippen LogP contribution in [0, 0.1) is 5.92 Å². The molecule has 0 aliphatic heterocycles. The van der Waals surface area contributed by atoms with Crippen molar-refractivity contribution in [1.29, 1.82) is 0 Å². The normalized spacial score (nSPS) is 14.0. The van der Waals surface area contributed by atoms with Crippen LogP contribution in [0.1, 0.15) is 41.5 Å². The molecule has 0 saturated carbocycles. The lowest BCUT2D eigenvalue weighted by Crippen LogP contribution is -2.08. The molecule has 0 aliphatic rings. The van der Waals surface area contributed by atoms with Gasteiger partial charge in [-0.05, 0) is 25.7 Å². The fourth-order valence-corrected chi connectivity index (χ4v) is 1.02. The highest BCUT2D eigenvalue weighted by atomic mass is 16.5. The number of ether oxygens (including phenoxy) is 1. The summed E-state index contributed by atoms with van der Waals surface area (Å²) in [7, 11) is 1.70. The van der Waals surface area contributed by atoms with Gasteiger partial charge in [0.1, 0.15) is 0 Å². The van der Waals surface area contributed by atoms with Crippen molar-refractivity contribution in [3.05, 3.63) is 0 Å². The van der Waals surface area contributed by atoms with Gasteiger partial charge in [0, 0.05) is 13.7 Å². The van der Waals surface area contributed by atoms with E-state index in [4.69, 9.17) is 9.84 Å². The number of hydrogen-bond acceptors (Lipinski definition) is 2. The summed E-state index contributed by atoms with van der Waals surface area (Å²) in [5.41, 5.74) is 0. The molecule has 12 heavy (non-hydrogen) atoms. The fourth-order valence-electron chi connectivity index (χ4n) is 1.02. The second-order valence-electron chi connectivity index (χ2n) is 2.97. The van der Waals surface area contributed by atoms with Gasteiger partial charge in [0.05, 0.1) is 6.10 Å². The fraction of sp³-hybridized carbons (Fsp3) is 1.00. The molecule has 0 amide bonds. The second-order valence-corrected chi connectivity index (χ2v) is 2.97. The van der Waals surface area contributed by atoms with E-state index in [0.717, 1.165) is 19.4 Å². The highest BCUT2D eigenvalue weighted by Crippen LogP contribution is 2.09. The van der Waals surface area contributed by atoms with Crippen LogP contribution in [0.5, 0.6) is 0 Å². The van der Waals surface area contributed by atoms with Gasteiger partial charge in [-0.2, -0.15) is 0 Å². The lowest BCUT2D eigenvalue weighted by Gasteiger charge is -2.11. The Bertz CT molecular complexity index is 72.2.